The highest BCUT2D eigenvalue weighted by Gasteiger charge is 2.41. The molecule has 0 saturated heterocycles. The highest BCUT2D eigenvalue weighted by Crippen LogP contribution is 2.37. The van der Waals surface area contributed by atoms with E-state index in [1.165, 1.54) is 4.88 Å². The third kappa shape index (κ3) is 5.96. The molecule has 0 radical (unpaired) electrons. The van der Waals surface area contributed by atoms with E-state index in [9.17, 15) is 13.2 Å². The molecule has 0 unspecified atom stereocenters. The largest absolute Gasteiger partial charge is 0.391 e. The van der Waals surface area contributed by atoms with Crippen molar-refractivity contribution in [2.45, 2.75) is 58.2 Å². The minimum Gasteiger partial charge on any atom is -0.357 e. The number of guanidine groups is 1. The van der Waals surface area contributed by atoms with Gasteiger partial charge in [0.05, 0.1) is 10.9 Å². The molecule has 0 spiro atoms. The van der Waals surface area contributed by atoms with Gasteiger partial charge >= 0.3 is 6.18 Å². The molecule has 1 aliphatic carbocycles. The molecule has 1 aromatic heterocycles. The quantitative estimate of drug-likeness (QED) is 0.621. The van der Waals surface area contributed by atoms with Crippen LogP contribution in [0.4, 0.5) is 13.2 Å². The Labute approximate surface area is 145 Å². The number of nitrogens with zero attached hydrogens (tertiary/aromatic N) is 2. The zero-order valence-electron chi connectivity index (χ0n) is 14.1. The van der Waals surface area contributed by atoms with E-state index < -0.39 is 12.1 Å². The van der Waals surface area contributed by atoms with Crippen LogP contribution in [0.2, 0.25) is 0 Å². The molecule has 24 heavy (non-hydrogen) atoms. The van der Waals surface area contributed by atoms with E-state index >= 15 is 0 Å². The van der Waals surface area contributed by atoms with E-state index in [1.807, 2.05) is 20.0 Å². The fourth-order valence-electron chi connectivity index (χ4n) is 2.86. The molecular weight excluding hydrogens is 337 g/mol. The molecule has 1 saturated carbocycles. The van der Waals surface area contributed by atoms with Crippen LogP contribution in [0.15, 0.2) is 11.2 Å². The van der Waals surface area contributed by atoms with Crippen molar-refractivity contribution in [1.29, 1.82) is 0 Å². The Bertz CT molecular complexity index is 534. The van der Waals surface area contributed by atoms with E-state index in [-0.39, 0.29) is 18.9 Å². The summed E-state index contributed by atoms with van der Waals surface area (Å²) in [5, 5.41) is 7.49. The number of halogens is 3. The first kappa shape index (κ1) is 19.0. The van der Waals surface area contributed by atoms with Gasteiger partial charge in [-0.2, -0.15) is 13.2 Å². The van der Waals surface area contributed by atoms with Gasteiger partial charge in [-0.1, -0.05) is 0 Å². The first-order valence-corrected chi connectivity index (χ1v) is 9.23. The third-order valence-electron chi connectivity index (χ3n) is 4.14. The molecular formula is C16H25F3N4S. The zero-order chi connectivity index (χ0) is 17.6. The summed E-state index contributed by atoms with van der Waals surface area (Å²) in [5.41, 5.74) is 0. The molecule has 0 aliphatic heterocycles. The number of hydrogen-bond acceptors (Lipinski definition) is 3. The summed E-state index contributed by atoms with van der Waals surface area (Å²) >= 11 is 1.66. The molecule has 0 aromatic carbocycles. The highest BCUT2D eigenvalue weighted by atomic mass is 32.1. The lowest BCUT2D eigenvalue weighted by Gasteiger charge is -2.31. The zero-order valence-corrected chi connectivity index (χ0v) is 14.9. The lowest BCUT2D eigenvalue weighted by molar-refractivity contribution is -0.182. The summed E-state index contributed by atoms with van der Waals surface area (Å²) in [7, 11) is 0. The molecule has 4 nitrogen and oxygen atoms in total. The molecule has 2 N–H and O–H groups in total. The fourth-order valence-corrected chi connectivity index (χ4v) is 3.63. The summed E-state index contributed by atoms with van der Waals surface area (Å²) < 4.78 is 38.2. The number of thiazole rings is 1. The van der Waals surface area contributed by atoms with Gasteiger partial charge in [0.1, 0.15) is 0 Å². The van der Waals surface area contributed by atoms with Crippen molar-refractivity contribution >= 4 is 17.3 Å². The second-order valence-electron chi connectivity index (χ2n) is 6.11. The normalized spacial score (nSPS) is 22.5. The van der Waals surface area contributed by atoms with Gasteiger partial charge in [0.2, 0.25) is 0 Å². The second kappa shape index (κ2) is 8.69. The van der Waals surface area contributed by atoms with Gasteiger partial charge in [0.15, 0.2) is 5.96 Å². The molecule has 1 fully saturated rings. The standard InChI is InChI=1S/C16H25F3N4S/c1-3-20-15(21-9-8-14-22-10-11(2)24-14)23-13-6-4-12(5-7-13)16(17,18)19/h10,12-13H,3-9H2,1-2H3,(H2,20,21,23). The summed E-state index contributed by atoms with van der Waals surface area (Å²) in [6, 6.07) is 0.0588. The van der Waals surface area contributed by atoms with Crippen LogP contribution >= 0.6 is 11.3 Å². The van der Waals surface area contributed by atoms with Crippen LogP contribution in [0.25, 0.3) is 0 Å². The lowest BCUT2D eigenvalue weighted by atomic mass is 9.85. The van der Waals surface area contributed by atoms with Crippen molar-refractivity contribution in [3.8, 4) is 0 Å². The van der Waals surface area contributed by atoms with Gasteiger partial charge in [0, 0.05) is 36.6 Å². The van der Waals surface area contributed by atoms with Crippen LogP contribution in [-0.4, -0.2) is 36.3 Å². The number of aliphatic imine (C=N–C) groups is 1. The van der Waals surface area contributed by atoms with E-state index in [0.29, 0.717) is 25.3 Å². The average molecular weight is 362 g/mol. The second-order valence-corrected chi connectivity index (χ2v) is 7.43. The molecule has 0 bridgehead atoms. The van der Waals surface area contributed by atoms with Crippen LogP contribution in [0.1, 0.15) is 42.5 Å². The topological polar surface area (TPSA) is 49.3 Å². The Balaban J connectivity index is 1.81. The lowest BCUT2D eigenvalue weighted by Crippen LogP contribution is -2.45. The van der Waals surface area contributed by atoms with Crippen molar-refractivity contribution < 1.29 is 13.2 Å². The van der Waals surface area contributed by atoms with Crippen molar-refractivity contribution in [2.24, 2.45) is 10.9 Å². The number of aromatic nitrogens is 1. The predicted octanol–water partition coefficient (Wildman–Crippen LogP) is 3.67. The maximum atomic E-state index is 12.7. The number of alkyl halides is 3. The van der Waals surface area contributed by atoms with Crippen LogP contribution in [0.3, 0.4) is 0 Å². The number of aryl methyl sites for hydroxylation is 1. The molecule has 2 rings (SSSR count). The molecule has 1 aromatic rings. The van der Waals surface area contributed by atoms with Gasteiger partial charge in [-0.3, -0.25) is 4.99 Å². The maximum Gasteiger partial charge on any atom is 0.391 e. The van der Waals surface area contributed by atoms with Crippen LogP contribution in [-0.2, 0) is 6.42 Å². The van der Waals surface area contributed by atoms with Crippen molar-refractivity contribution in [2.75, 3.05) is 13.1 Å². The molecule has 8 heteroatoms. The Morgan fingerprint density at radius 3 is 2.58 bits per heavy atom. The van der Waals surface area contributed by atoms with E-state index in [1.54, 1.807) is 11.3 Å². The SMILES string of the molecule is CCNC(=NCCc1ncc(C)s1)NC1CCC(C(F)(F)F)CC1. The summed E-state index contributed by atoms with van der Waals surface area (Å²) in [5.74, 6) is -0.468. The maximum absolute atomic E-state index is 12.7. The van der Waals surface area contributed by atoms with Crippen molar-refractivity contribution in [3.63, 3.8) is 0 Å². The molecule has 1 aliphatic rings. The highest BCUT2D eigenvalue weighted by molar-refractivity contribution is 7.11. The van der Waals surface area contributed by atoms with Gasteiger partial charge in [-0.25, -0.2) is 4.98 Å². The van der Waals surface area contributed by atoms with Gasteiger partial charge in [0.25, 0.3) is 0 Å². The smallest absolute Gasteiger partial charge is 0.357 e. The number of nitrogens with one attached hydrogen (secondary N) is 2. The first-order valence-electron chi connectivity index (χ1n) is 8.41. The molecule has 0 amide bonds. The van der Waals surface area contributed by atoms with Gasteiger partial charge in [-0.15, -0.1) is 11.3 Å². The van der Waals surface area contributed by atoms with E-state index in [2.05, 4.69) is 20.6 Å². The Hall–Kier alpha value is -1.31. The van der Waals surface area contributed by atoms with Crippen LogP contribution in [0.5, 0.6) is 0 Å². The summed E-state index contributed by atoms with van der Waals surface area (Å²) in [4.78, 5) is 10.0. The monoisotopic (exact) mass is 362 g/mol. The Morgan fingerprint density at radius 1 is 1.33 bits per heavy atom. The minimum atomic E-state index is -4.06. The van der Waals surface area contributed by atoms with Crippen LogP contribution in [0, 0.1) is 12.8 Å². The molecule has 1 heterocycles. The average Bonchev–Trinajstić information content (AvgIpc) is 2.92. The molecule has 0 atom stereocenters. The van der Waals surface area contributed by atoms with Crippen molar-refractivity contribution in [3.05, 3.63) is 16.1 Å². The molecule has 136 valence electrons. The fraction of sp³-hybridized carbons (Fsp3) is 0.750. The first-order chi connectivity index (χ1) is 11.4. The Kier molecular flexibility index (Phi) is 6.89. The van der Waals surface area contributed by atoms with Gasteiger partial charge in [-0.05, 0) is 39.5 Å². The van der Waals surface area contributed by atoms with E-state index in [0.717, 1.165) is 18.0 Å². The Morgan fingerprint density at radius 2 is 2.04 bits per heavy atom. The minimum absolute atomic E-state index is 0.0588. The van der Waals surface area contributed by atoms with Crippen molar-refractivity contribution in [1.82, 2.24) is 15.6 Å². The summed E-state index contributed by atoms with van der Waals surface area (Å²) in [6.07, 6.45) is 0.00994. The van der Waals surface area contributed by atoms with Gasteiger partial charge < -0.3 is 10.6 Å². The third-order valence-corrected chi connectivity index (χ3v) is 5.11. The van der Waals surface area contributed by atoms with E-state index in [4.69, 9.17) is 0 Å². The number of rotatable bonds is 5. The van der Waals surface area contributed by atoms with Crippen LogP contribution < -0.4 is 10.6 Å². The predicted molar refractivity (Wildman–Crippen MR) is 91.5 cm³/mol. The summed E-state index contributed by atoms with van der Waals surface area (Å²) in [6.45, 7) is 5.33. The number of hydrogen-bond donors (Lipinski definition) is 2.